The highest BCUT2D eigenvalue weighted by Gasteiger charge is 2.31. The molecule has 0 spiro atoms. The molecule has 1 saturated carbocycles. The highest BCUT2D eigenvalue weighted by Crippen LogP contribution is 2.27. The smallest absolute Gasteiger partial charge is 0.137 e. The number of rotatable bonds is 3. The Morgan fingerprint density at radius 2 is 2.29 bits per heavy atom. The number of carbonyl (C=O) groups is 1. The van der Waals surface area contributed by atoms with Gasteiger partial charge in [0.25, 0.3) is 0 Å². The molecule has 3 nitrogen and oxygen atoms in total. The van der Waals surface area contributed by atoms with Crippen molar-refractivity contribution in [2.24, 2.45) is 11.8 Å². The van der Waals surface area contributed by atoms with Crippen LogP contribution in [-0.4, -0.2) is 43.0 Å². The van der Waals surface area contributed by atoms with Gasteiger partial charge in [-0.15, -0.1) is 0 Å². The topological polar surface area (TPSA) is 29.5 Å². The summed E-state index contributed by atoms with van der Waals surface area (Å²) in [6.07, 6.45) is 4.10. The summed E-state index contributed by atoms with van der Waals surface area (Å²) < 4.78 is 5.51. The van der Waals surface area contributed by atoms with Crippen LogP contribution in [0.1, 0.15) is 39.5 Å². The maximum Gasteiger partial charge on any atom is 0.137 e. The molecule has 0 radical (unpaired) electrons. The maximum absolute atomic E-state index is 12.0. The number of carbonyl (C=O) groups excluding carboxylic acids is 1. The van der Waals surface area contributed by atoms with E-state index in [0.717, 1.165) is 57.9 Å². The van der Waals surface area contributed by atoms with Gasteiger partial charge in [0.15, 0.2) is 0 Å². The van der Waals surface area contributed by atoms with E-state index in [1.807, 2.05) is 0 Å². The first-order valence-electron chi connectivity index (χ1n) is 7.05. The predicted octanol–water partition coefficient (Wildman–Crippen LogP) is 2.10. The Morgan fingerprint density at radius 3 is 3.06 bits per heavy atom. The van der Waals surface area contributed by atoms with Crippen LogP contribution in [0.15, 0.2) is 0 Å². The fourth-order valence-electron chi connectivity index (χ4n) is 3.09. The lowest BCUT2D eigenvalue weighted by Gasteiger charge is -2.38. The zero-order valence-electron chi connectivity index (χ0n) is 11.2. The lowest BCUT2D eigenvalue weighted by molar-refractivity contribution is -0.127. The van der Waals surface area contributed by atoms with Crippen molar-refractivity contribution in [2.75, 3.05) is 26.3 Å². The number of morpholine rings is 1. The van der Waals surface area contributed by atoms with E-state index >= 15 is 0 Å². The van der Waals surface area contributed by atoms with E-state index in [9.17, 15) is 4.79 Å². The molecule has 0 N–H and O–H groups in total. The quantitative estimate of drug-likeness (QED) is 0.755. The molecule has 0 bridgehead atoms. The zero-order valence-corrected chi connectivity index (χ0v) is 11.2. The largest absolute Gasteiger partial charge is 0.378 e. The van der Waals surface area contributed by atoms with Crippen molar-refractivity contribution in [3.05, 3.63) is 0 Å². The van der Waals surface area contributed by atoms with Gasteiger partial charge in [-0.25, -0.2) is 0 Å². The molecule has 1 aliphatic carbocycles. The first kappa shape index (κ1) is 13.0. The molecular weight excluding hydrogens is 214 g/mol. The Hall–Kier alpha value is -0.410. The van der Waals surface area contributed by atoms with Gasteiger partial charge in [-0.2, -0.15) is 0 Å². The van der Waals surface area contributed by atoms with E-state index in [-0.39, 0.29) is 5.92 Å². The minimum absolute atomic E-state index is 0.283. The Labute approximate surface area is 105 Å². The molecule has 1 aliphatic heterocycles. The second-order valence-electron chi connectivity index (χ2n) is 5.67. The molecule has 0 aromatic rings. The number of ketones is 1. The third kappa shape index (κ3) is 3.29. The number of hydrogen-bond acceptors (Lipinski definition) is 3. The lowest BCUT2D eigenvalue weighted by Crippen LogP contribution is -2.48. The van der Waals surface area contributed by atoms with Crippen molar-refractivity contribution in [1.29, 1.82) is 0 Å². The van der Waals surface area contributed by atoms with Gasteiger partial charge >= 0.3 is 0 Å². The van der Waals surface area contributed by atoms with Gasteiger partial charge in [-0.05, 0) is 25.2 Å². The molecule has 2 aliphatic rings. The van der Waals surface area contributed by atoms with E-state index in [0.29, 0.717) is 11.8 Å². The third-order valence-corrected chi connectivity index (χ3v) is 4.30. The first-order chi connectivity index (χ1) is 8.20. The van der Waals surface area contributed by atoms with Crippen molar-refractivity contribution < 1.29 is 9.53 Å². The molecule has 3 atom stereocenters. The normalized spacial score (nSPS) is 36.1. The monoisotopic (exact) mass is 239 g/mol. The first-order valence-corrected chi connectivity index (χ1v) is 7.05. The summed E-state index contributed by atoms with van der Waals surface area (Å²) in [4.78, 5) is 14.4. The van der Waals surface area contributed by atoms with E-state index in [1.165, 1.54) is 0 Å². The van der Waals surface area contributed by atoms with Crippen molar-refractivity contribution >= 4 is 5.78 Å². The maximum atomic E-state index is 12.0. The second-order valence-corrected chi connectivity index (χ2v) is 5.67. The molecule has 0 amide bonds. The molecule has 3 unspecified atom stereocenters. The lowest BCUT2D eigenvalue weighted by atomic mass is 9.81. The third-order valence-electron chi connectivity index (χ3n) is 4.30. The molecule has 3 heteroatoms. The van der Waals surface area contributed by atoms with Gasteiger partial charge in [0.05, 0.1) is 13.2 Å². The van der Waals surface area contributed by atoms with Crippen LogP contribution >= 0.6 is 0 Å². The van der Waals surface area contributed by atoms with Crippen molar-refractivity contribution in [2.45, 2.75) is 45.6 Å². The highest BCUT2D eigenvalue weighted by atomic mass is 16.5. The average Bonchev–Trinajstić information content (AvgIpc) is 2.34. The van der Waals surface area contributed by atoms with Crippen LogP contribution in [0.3, 0.4) is 0 Å². The molecular formula is C14H25NO2. The number of ether oxygens (including phenoxy) is 1. The van der Waals surface area contributed by atoms with Crippen LogP contribution < -0.4 is 0 Å². The minimum Gasteiger partial charge on any atom is -0.378 e. The van der Waals surface area contributed by atoms with E-state index < -0.39 is 0 Å². The standard InChI is InChI=1S/C14H25NO2/c1-3-13-10-17-7-6-15(13)9-12-8-11(2)4-5-14(12)16/h11-13H,3-10H2,1-2H3. The Bertz CT molecular complexity index is 267. The fourth-order valence-corrected chi connectivity index (χ4v) is 3.09. The van der Waals surface area contributed by atoms with Gasteiger partial charge in [-0.1, -0.05) is 13.8 Å². The van der Waals surface area contributed by atoms with Crippen molar-refractivity contribution in [3.8, 4) is 0 Å². The molecule has 0 aromatic carbocycles. The minimum atomic E-state index is 0.283. The SMILES string of the molecule is CCC1COCCN1CC1CC(C)CCC1=O. The van der Waals surface area contributed by atoms with Crippen LogP contribution in [0.5, 0.6) is 0 Å². The summed E-state index contributed by atoms with van der Waals surface area (Å²) in [7, 11) is 0. The molecule has 2 fully saturated rings. The van der Waals surface area contributed by atoms with Crippen molar-refractivity contribution in [1.82, 2.24) is 4.90 Å². The van der Waals surface area contributed by atoms with E-state index in [1.54, 1.807) is 0 Å². The molecule has 98 valence electrons. The Morgan fingerprint density at radius 1 is 1.47 bits per heavy atom. The highest BCUT2D eigenvalue weighted by molar-refractivity contribution is 5.81. The average molecular weight is 239 g/mol. The number of Topliss-reactive ketones (excluding diaryl/α,β-unsaturated/α-hetero) is 1. The summed E-state index contributed by atoms with van der Waals surface area (Å²) in [6, 6.07) is 0.522. The fraction of sp³-hybridized carbons (Fsp3) is 0.929. The molecule has 1 heterocycles. The summed E-state index contributed by atoms with van der Waals surface area (Å²) in [5.41, 5.74) is 0. The van der Waals surface area contributed by atoms with Gasteiger partial charge in [0.1, 0.15) is 5.78 Å². The molecule has 1 saturated heterocycles. The van der Waals surface area contributed by atoms with Crippen LogP contribution in [0.2, 0.25) is 0 Å². The van der Waals surface area contributed by atoms with E-state index in [4.69, 9.17) is 4.74 Å². The number of nitrogens with zero attached hydrogens (tertiary/aromatic N) is 1. The van der Waals surface area contributed by atoms with Crippen LogP contribution in [0.4, 0.5) is 0 Å². The summed E-state index contributed by atoms with van der Waals surface area (Å²) in [6.45, 7) is 8.11. The molecule has 0 aromatic heterocycles. The van der Waals surface area contributed by atoms with Gasteiger partial charge in [0.2, 0.25) is 0 Å². The summed E-state index contributed by atoms with van der Waals surface area (Å²) in [5.74, 6) is 1.49. The Kier molecular flexibility index (Phi) is 4.57. The number of hydrogen-bond donors (Lipinski definition) is 0. The summed E-state index contributed by atoms with van der Waals surface area (Å²) in [5, 5.41) is 0. The van der Waals surface area contributed by atoms with Gasteiger partial charge in [-0.3, -0.25) is 9.69 Å². The van der Waals surface area contributed by atoms with E-state index in [2.05, 4.69) is 18.7 Å². The second kappa shape index (κ2) is 5.96. The van der Waals surface area contributed by atoms with Crippen molar-refractivity contribution in [3.63, 3.8) is 0 Å². The van der Waals surface area contributed by atoms with Gasteiger partial charge < -0.3 is 4.74 Å². The Balaban J connectivity index is 1.91. The van der Waals surface area contributed by atoms with Gasteiger partial charge in [0, 0.05) is 31.5 Å². The van der Waals surface area contributed by atoms with Crippen LogP contribution in [0.25, 0.3) is 0 Å². The predicted molar refractivity (Wildman–Crippen MR) is 68.0 cm³/mol. The molecule has 17 heavy (non-hydrogen) atoms. The molecule has 2 rings (SSSR count). The summed E-state index contributed by atoms with van der Waals surface area (Å²) >= 11 is 0. The zero-order chi connectivity index (χ0) is 12.3. The van der Waals surface area contributed by atoms with Crippen LogP contribution in [0, 0.1) is 11.8 Å². The van der Waals surface area contributed by atoms with Crippen LogP contribution in [-0.2, 0) is 9.53 Å².